The minimum absolute atomic E-state index is 0.828. The molecule has 0 rings (SSSR count). The molecule has 0 aliphatic rings. The van der Waals surface area contributed by atoms with Crippen LogP contribution in [0, 0.1) is 0 Å². The Kier molecular flexibility index (Phi) is 4.63. The summed E-state index contributed by atoms with van der Waals surface area (Å²) in [5, 5.41) is 8.37. The van der Waals surface area contributed by atoms with Crippen LogP contribution in [0.5, 0.6) is 0 Å². The molecule has 0 unspecified atom stereocenters. The molecule has 10 heavy (non-hydrogen) atoms. The first-order valence-corrected chi connectivity index (χ1v) is 3.63. The first kappa shape index (κ1) is 9.21. The summed E-state index contributed by atoms with van der Waals surface area (Å²) < 4.78 is 0. The minimum Gasteiger partial charge on any atom is -0.478 e. The quantitative estimate of drug-likeness (QED) is 0.611. The molecule has 0 bridgehead atoms. The first-order chi connectivity index (χ1) is 4.70. The van der Waals surface area contributed by atoms with Crippen LogP contribution in [0.3, 0.4) is 0 Å². The van der Waals surface area contributed by atoms with Crippen molar-refractivity contribution in [3.05, 3.63) is 11.6 Å². The van der Waals surface area contributed by atoms with Crippen molar-refractivity contribution < 1.29 is 9.90 Å². The van der Waals surface area contributed by atoms with Gasteiger partial charge in [-0.15, -0.1) is 0 Å². The second-order valence-electron chi connectivity index (χ2n) is 2.24. The Morgan fingerprint density at radius 2 is 2.10 bits per heavy atom. The molecule has 0 radical (unpaired) electrons. The Morgan fingerprint density at radius 3 is 2.40 bits per heavy atom. The van der Waals surface area contributed by atoms with E-state index in [1.807, 2.05) is 13.8 Å². The molecule has 2 nitrogen and oxygen atoms in total. The molecule has 0 atom stereocenters. The van der Waals surface area contributed by atoms with Crippen molar-refractivity contribution in [2.45, 2.75) is 33.1 Å². The number of rotatable bonds is 4. The van der Waals surface area contributed by atoms with E-state index in [0.29, 0.717) is 0 Å². The topological polar surface area (TPSA) is 37.3 Å². The lowest BCUT2D eigenvalue weighted by atomic mass is 10.1. The van der Waals surface area contributed by atoms with Gasteiger partial charge in [-0.1, -0.05) is 25.8 Å². The number of hydrogen-bond donors (Lipinski definition) is 1. The van der Waals surface area contributed by atoms with Crippen LogP contribution in [0.1, 0.15) is 33.1 Å². The highest BCUT2D eigenvalue weighted by atomic mass is 16.4. The molecule has 0 heterocycles. The van der Waals surface area contributed by atoms with Gasteiger partial charge in [0.2, 0.25) is 0 Å². The highest BCUT2D eigenvalue weighted by Crippen LogP contribution is 2.07. The molecule has 0 saturated heterocycles. The summed E-state index contributed by atoms with van der Waals surface area (Å²) in [6.45, 7) is 4.02. The predicted octanol–water partition coefficient (Wildman–Crippen LogP) is 2.21. The van der Waals surface area contributed by atoms with Crippen LogP contribution in [0.4, 0.5) is 0 Å². The summed E-state index contributed by atoms with van der Waals surface area (Å²) >= 11 is 0. The molecule has 58 valence electrons. The maximum Gasteiger partial charge on any atom is 0.328 e. The van der Waals surface area contributed by atoms with Crippen molar-refractivity contribution in [1.29, 1.82) is 0 Å². The Hall–Kier alpha value is -0.790. The van der Waals surface area contributed by atoms with Gasteiger partial charge in [0.1, 0.15) is 0 Å². The van der Waals surface area contributed by atoms with Gasteiger partial charge in [-0.2, -0.15) is 0 Å². The maximum atomic E-state index is 10.2. The standard InChI is InChI=1S/C8H14O2/c1-3-5-7(4-2)6-8(9)10/h6H,3-5H2,1-2H3,(H,9,10). The monoisotopic (exact) mass is 142 g/mol. The van der Waals surface area contributed by atoms with Crippen molar-refractivity contribution in [3.8, 4) is 0 Å². The molecule has 0 aromatic carbocycles. The van der Waals surface area contributed by atoms with Gasteiger partial charge in [-0.05, 0) is 12.8 Å². The minimum atomic E-state index is -0.828. The van der Waals surface area contributed by atoms with Gasteiger partial charge in [-0.3, -0.25) is 0 Å². The van der Waals surface area contributed by atoms with Crippen molar-refractivity contribution in [3.63, 3.8) is 0 Å². The van der Waals surface area contributed by atoms with Crippen LogP contribution >= 0.6 is 0 Å². The van der Waals surface area contributed by atoms with Crippen LogP contribution in [0.2, 0.25) is 0 Å². The van der Waals surface area contributed by atoms with Gasteiger partial charge in [0, 0.05) is 6.08 Å². The number of carboxylic acids is 1. The largest absolute Gasteiger partial charge is 0.478 e. The van der Waals surface area contributed by atoms with Crippen molar-refractivity contribution in [1.82, 2.24) is 0 Å². The third-order valence-electron chi connectivity index (χ3n) is 1.35. The number of carbonyl (C=O) groups is 1. The average Bonchev–Trinajstić information content (AvgIpc) is 1.86. The predicted molar refractivity (Wildman–Crippen MR) is 40.9 cm³/mol. The van der Waals surface area contributed by atoms with Crippen molar-refractivity contribution in [2.24, 2.45) is 0 Å². The van der Waals surface area contributed by atoms with Gasteiger partial charge in [0.15, 0.2) is 0 Å². The fourth-order valence-corrected chi connectivity index (χ4v) is 0.847. The van der Waals surface area contributed by atoms with E-state index in [9.17, 15) is 4.79 Å². The number of carboxylic acid groups (broad SMARTS) is 1. The molecule has 0 aliphatic carbocycles. The summed E-state index contributed by atoms with van der Waals surface area (Å²) in [6, 6.07) is 0. The van der Waals surface area contributed by atoms with Crippen molar-refractivity contribution in [2.75, 3.05) is 0 Å². The lowest BCUT2D eigenvalue weighted by Gasteiger charge is -1.98. The Balaban J connectivity index is 3.91. The van der Waals surface area contributed by atoms with E-state index in [4.69, 9.17) is 5.11 Å². The van der Waals surface area contributed by atoms with E-state index in [0.717, 1.165) is 24.8 Å². The summed E-state index contributed by atoms with van der Waals surface area (Å²) in [7, 11) is 0. The van der Waals surface area contributed by atoms with E-state index < -0.39 is 5.97 Å². The van der Waals surface area contributed by atoms with E-state index in [-0.39, 0.29) is 0 Å². The number of allylic oxidation sites excluding steroid dienone is 1. The van der Waals surface area contributed by atoms with E-state index in [1.54, 1.807) is 0 Å². The van der Waals surface area contributed by atoms with Gasteiger partial charge < -0.3 is 5.11 Å². The zero-order chi connectivity index (χ0) is 7.98. The molecule has 0 aliphatic heterocycles. The average molecular weight is 142 g/mol. The maximum absolute atomic E-state index is 10.2. The van der Waals surface area contributed by atoms with Crippen LogP contribution < -0.4 is 0 Å². The van der Waals surface area contributed by atoms with Gasteiger partial charge in [0.25, 0.3) is 0 Å². The molecule has 0 amide bonds. The summed E-state index contributed by atoms with van der Waals surface area (Å²) in [5.41, 5.74) is 1.02. The van der Waals surface area contributed by atoms with Crippen LogP contribution in [-0.2, 0) is 4.79 Å². The molecule has 0 saturated carbocycles. The smallest absolute Gasteiger partial charge is 0.328 e. The fraction of sp³-hybridized carbons (Fsp3) is 0.625. The molecule has 1 N–H and O–H groups in total. The summed E-state index contributed by atoms with van der Waals surface area (Å²) in [4.78, 5) is 10.2. The van der Waals surface area contributed by atoms with Crippen LogP contribution in [-0.4, -0.2) is 11.1 Å². The third-order valence-corrected chi connectivity index (χ3v) is 1.35. The van der Waals surface area contributed by atoms with E-state index in [1.165, 1.54) is 6.08 Å². The second kappa shape index (κ2) is 5.03. The van der Waals surface area contributed by atoms with Gasteiger partial charge in [0.05, 0.1) is 0 Å². The zero-order valence-corrected chi connectivity index (χ0v) is 6.55. The Bertz CT molecular complexity index is 136. The van der Waals surface area contributed by atoms with Crippen LogP contribution in [0.25, 0.3) is 0 Å². The first-order valence-electron chi connectivity index (χ1n) is 3.63. The number of hydrogen-bond acceptors (Lipinski definition) is 1. The molecular weight excluding hydrogens is 128 g/mol. The highest BCUT2D eigenvalue weighted by Gasteiger charge is 1.95. The third kappa shape index (κ3) is 4.13. The Morgan fingerprint density at radius 1 is 1.50 bits per heavy atom. The molecule has 2 heteroatoms. The Labute approximate surface area is 61.6 Å². The zero-order valence-electron chi connectivity index (χ0n) is 6.55. The summed E-state index contributed by atoms with van der Waals surface area (Å²) in [6.07, 6.45) is 4.08. The summed E-state index contributed by atoms with van der Waals surface area (Å²) in [5.74, 6) is -0.828. The lowest BCUT2D eigenvalue weighted by molar-refractivity contribution is -0.131. The molecule has 0 aromatic heterocycles. The molecule has 0 spiro atoms. The number of aliphatic carboxylic acids is 1. The fourth-order valence-electron chi connectivity index (χ4n) is 0.847. The molecule has 0 fully saturated rings. The van der Waals surface area contributed by atoms with E-state index in [2.05, 4.69) is 0 Å². The molecular formula is C8H14O2. The van der Waals surface area contributed by atoms with Gasteiger partial charge >= 0.3 is 5.97 Å². The molecule has 0 aromatic rings. The lowest BCUT2D eigenvalue weighted by Crippen LogP contribution is -1.91. The highest BCUT2D eigenvalue weighted by molar-refractivity contribution is 5.80. The van der Waals surface area contributed by atoms with Crippen LogP contribution in [0.15, 0.2) is 11.6 Å². The van der Waals surface area contributed by atoms with E-state index >= 15 is 0 Å². The normalized spacial score (nSPS) is 11.6. The van der Waals surface area contributed by atoms with Crippen molar-refractivity contribution >= 4 is 5.97 Å². The van der Waals surface area contributed by atoms with Gasteiger partial charge in [-0.25, -0.2) is 4.79 Å². The second-order valence-corrected chi connectivity index (χ2v) is 2.24. The SMILES string of the molecule is CCCC(=CC(=O)O)CC.